The zero-order valence-corrected chi connectivity index (χ0v) is 12.6. The molecule has 4 nitrogen and oxygen atoms in total. The fourth-order valence-electron chi connectivity index (χ4n) is 2.31. The largest absolute Gasteiger partial charge is 0.457 e. The Morgan fingerprint density at radius 2 is 1.68 bits per heavy atom. The lowest BCUT2D eigenvalue weighted by Gasteiger charge is -2.36. The van der Waals surface area contributed by atoms with Crippen LogP contribution in [0.2, 0.25) is 0 Å². The number of carbonyl (C=O) groups excluding carboxylic acids is 2. The maximum Gasteiger partial charge on any atom is 0.351 e. The number of ether oxygens (including phenoxy) is 2. The van der Waals surface area contributed by atoms with E-state index in [2.05, 4.69) is 0 Å². The van der Waals surface area contributed by atoms with Gasteiger partial charge >= 0.3 is 11.9 Å². The Morgan fingerprint density at radius 1 is 1.11 bits per heavy atom. The molecule has 0 spiro atoms. The zero-order chi connectivity index (χ0) is 14.5. The van der Waals surface area contributed by atoms with Crippen LogP contribution in [0.3, 0.4) is 0 Å². The van der Waals surface area contributed by atoms with Crippen molar-refractivity contribution in [1.29, 1.82) is 0 Å². The third kappa shape index (κ3) is 4.84. The molecule has 0 aromatic heterocycles. The van der Waals surface area contributed by atoms with Crippen molar-refractivity contribution in [3.63, 3.8) is 0 Å². The lowest BCUT2D eigenvalue weighted by atomic mass is 9.84. The van der Waals surface area contributed by atoms with Gasteiger partial charge in [0.15, 0.2) is 0 Å². The summed E-state index contributed by atoms with van der Waals surface area (Å²) < 4.78 is 11.0. The number of carbonyl (C=O) groups is 2. The van der Waals surface area contributed by atoms with Crippen LogP contribution < -0.4 is 0 Å². The third-order valence-electron chi connectivity index (χ3n) is 3.20. The molecule has 0 N–H and O–H groups in total. The Hall–Kier alpha value is -1.06. The van der Waals surface area contributed by atoms with Gasteiger partial charge in [0.2, 0.25) is 5.60 Å². The lowest BCUT2D eigenvalue weighted by Crippen LogP contribution is -2.48. The standard InChI is InChI=1S/C15H26O4/c1-5-9-12(16)18-15(10-7-6-8-11-15)13(17)19-14(2,3)4/h5-11H2,1-4H3. The molecule has 1 aliphatic rings. The molecular weight excluding hydrogens is 244 g/mol. The summed E-state index contributed by atoms with van der Waals surface area (Å²) in [5.74, 6) is -0.681. The molecule has 1 aliphatic carbocycles. The molecule has 19 heavy (non-hydrogen) atoms. The van der Waals surface area contributed by atoms with Gasteiger partial charge in [-0.1, -0.05) is 13.3 Å². The van der Waals surface area contributed by atoms with Gasteiger partial charge in [0.05, 0.1) is 0 Å². The molecule has 0 aliphatic heterocycles. The maximum absolute atomic E-state index is 12.4. The molecule has 1 fully saturated rings. The van der Waals surface area contributed by atoms with Crippen molar-refractivity contribution >= 4 is 11.9 Å². The molecule has 0 bridgehead atoms. The first-order valence-electron chi connectivity index (χ1n) is 7.24. The molecule has 1 saturated carbocycles. The molecule has 0 amide bonds. The van der Waals surface area contributed by atoms with E-state index < -0.39 is 11.2 Å². The van der Waals surface area contributed by atoms with E-state index in [9.17, 15) is 9.59 Å². The second kappa shape index (κ2) is 6.40. The minimum Gasteiger partial charge on any atom is -0.457 e. The second-order valence-electron chi connectivity index (χ2n) is 6.28. The van der Waals surface area contributed by atoms with Gasteiger partial charge in [0.1, 0.15) is 5.60 Å². The first kappa shape index (κ1) is 16.0. The fraction of sp³-hybridized carbons (Fsp3) is 0.867. The summed E-state index contributed by atoms with van der Waals surface area (Å²) in [5, 5.41) is 0. The molecular formula is C15H26O4. The summed E-state index contributed by atoms with van der Waals surface area (Å²) in [6, 6.07) is 0. The Labute approximate surface area is 115 Å². The Morgan fingerprint density at radius 3 is 2.16 bits per heavy atom. The molecule has 110 valence electrons. The number of esters is 2. The quantitative estimate of drug-likeness (QED) is 0.735. The van der Waals surface area contributed by atoms with Crippen molar-refractivity contribution < 1.29 is 19.1 Å². The van der Waals surface area contributed by atoms with Crippen LogP contribution in [0.15, 0.2) is 0 Å². The van der Waals surface area contributed by atoms with Crippen molar-refractivity contribution in [2.75, 3.05) is 0 Å². The zero-order valence-electron chi connectivity index (χ0n) is 12.6. The molecule has 1 rings (SSSR count). The fourth-order valence-corrected chi connectivity index (χ4v) is 2.31. The first-order valence-corrected chi connectivity index (χ1v) is 7.24. The molecule has 0 heterocycles. The minimum absolute atomic E-state index is 0.296. The minimum atomic E-state index is -1.04. The summed E-state index contributed by atoms with van der Waals surface area (Å²) >= 11 is 0. The molecule has 4 heteroatoms. The Bertz CT molecular complexity index is 322. The predicted octanol–water partition coefficient (Wildman–Crippen LogP) is 3.37. The van der Waals surface area contributed by atoms with Gasteiger partial charge in [-0.3, -0.25) is 4.79 Å². The van der Waals surface area contributed by atoms with Crippen LogP contribution in [0.4, 0.5) is 0 Å². The van der Waals surface area contributed by atoms with Crippen LogP contribution in [0, 0.1) is 0 Å². The van der Waals surface area contributed by atoms with Gasteiger partial charge < -0.3 is 9.47 Å². The smallest absolute Gasteiger partial charge is 0.351 e. The van der Waals surface area contributed by atoms with Crippen LogP contribution in [0.5, 0.6) is 0 Å². The molecule has 0 unspecified atom stereocenters. The van der Waals surface area contributed by atoms with Gasteiger partial charge in [0, 0.05) is 6.42 Å². The summed E-state index contributed by atoms with van der Waals surface area (Å²) in [4.78, 5) is 24.1. The number of hydrogen-bond acceptors (Lipinski definition) is 4. The van der Waals surface area contributed by atoms with Crippen LogP contribution in [-0.2, 0) is 19.1 Å². The van der Waals surface area contributed by atoms with Crippen molar-refractivity contribution in [3.05, 3.63) is 0 Å². The van der Waals surface area contributed by atoms with Gasteiger partial charge in [0.25, 0.3) is 0 Å². The summed E-state index contributed by atoms with van der Waals surface area (Å²) in [6.45, 7) is 7.40. The highest BCUT2D eigenvalue weighted by molar-refractivity contribution is 5.84. The highest BCUT2D eigenvalue weighted by Crippen LogP contribution is 2.34. The van der Waals surface area contributed by atoms with Crippen LogP contribution in [-0.4, -0.2) is 23.1 Å². The van der Waals surface area contributed by atoms with Crippen molar-refractivity contribution in [3.8, 4) is 0 Å². The van der Waals surface area contributed by atoms with E-state index in [1.807, 2.05) is 27.7 Å². The van der Waals surface area contributed by atoms with Crippen LogP contribution in [0.25, 0.3) is 0 Å². The van der Waals surface area contributed by atoms with E-state index >= 15 is 0 Å². The van der Waals surface area contributed by atoms with Crippen molar-refractivity contribution in [2.45, 2.75) is 83.8 Å². The third-order valence-corrected chi connectivity index (χ3v) is 3.20. The van der Waals surface area contributed by atoms with E-state index in [1.54, 1.807) is 0 Å². The topological polar surface area (TPSA) is 52.6 Å². The van der Waals surface area contributed by atoms with E-state index in [0.717, 1.165) is 25.7 Å². The average molecular weight is 270 g/mol. The lowest BCUT2D eigenvalue weighted by molar-refractivity contribution is -0.194. The number of rotatable bonds is 4. The van der Waals surface area contributed by atoms with Gasteiger partial charge in [-0.15, -0.1) is 0 Å². The van der Waals surface area contributed by atoms with E-state index in [-0.39, 0.29) is 11.9 Å². The van der Waals surface area contributed by atoms with Crippen LogP contribution >= 0.6 is 0 Å². The summed E-state index contributed by atoms with van der Waals surface area (Å²) in [7, 11) is 0. The summed E-state index contributed by atoms with van der Waals surface area (Å²) in [5.41, 5.74) is -1.60. The Kier molecular flexibility index (Phi) is 5.39. The van der Waals surface area contributed by atoms with E-state index in [1.165, 1.54) is 0 Å². The monoisotopic (exact) mass is 270 g/mol. The van der Waals surface area contributed by atoms with Gasteiger partial charge in [-0.05, 0) is 52.9 Å². The van der Waals surface area contributed by atoms with E-state index in [0.29, 0.717) is 19.3 Å². The molecule has 0 atom stereocenters. The van der Waals surface area contributed by atoms with Crippen LogP contribution in [0.1, 0.15) is 72.6 Å². The molecule has 0 radical (unpaired) electrons. The predicted molar refractivity (Wildman–Crippen MR) is 72.7 cm³/mol. The van der Waals surface area contributed by atoms with Crippen molar-refractivity contribution in [1.82, 2.24) is 0 Å². The second-order valence-corrected chi connectivity index (χ2v) is 6.28. The average Bonchev–Trinajstić information content (AvgIpc) is 2.28. The van der Waals surface area contributed by atoms with Crippen molar-refractivity contribution in [2.24, 2.45) is 0 Å². The van der Waals surface area contributed by atoms with E-state index in [4.69, 9.17) is 9.47 Å². The maximum atomic E-state index is 12.4. The summed E-state index contributed by atoms with van der Waals surface area (Å²) in [6.07, 6.45) is 5.12. The normalized spacial score (nSPS) is 18.7. The Balaban J connectivity index is 2.80. The molecule has 0 aromatic rings. The highest BCUT2D eigenvalue weighted by Gasteiger charge is 2.46. The van der Waals surface area contributed by atoms with Gasteiger partial charge in [-0.2, -0.15) is 0 Å². The first-order chi connectivity index (χ1) is 8.79. The highest BCUT2D eigenvalue weighted by atomic mass is 16.6. The number of hydrogen-bond donors (Lipinski definition) is 0. The molecule has 0 saturated heterocycles. The molecule has 0 aromatic carbocycles. The van der Waals surface area contributed by atoms with Gasteiger partial charge in [-0.25, -0.2) is 4.79 Å². The SMILES string of the molecule is CCCC(=O)OC1(C(=O)OC(C)(C)C)CCCCC1.